The summed E-state index contributed by atoms with van der Waals surface area (Å²) in [7, 11) is 0. The van der Waals surface area contributed by atoms with E-state index < -0.39 is 0 Å². The lowest BCUT2D eigenvalue weighted by atomic mass is 10.1. The van der Waals surface area contributed by atoms with E-state index in [0.717, 1.165) is 11.4 Å². The molecule has 0 aliphatic rings. The Bertz CT molecular complexity index is 352. The van der Waals surface area contributed by atoms with Crippen LogP contribution in [-0.2, 0) is 0 Å². The topological polar surface area (TPSA) is 24.9 Å². The average Bonchev–Trinajstić information content (AvgIpc) is 2.32. The van der Waals surface area contributed by atoms with E-state index in [4.69, 9.17) is 11.6 Å². The first-order chi connectivity index (χ1) is 8.63. The summed E-state index contributed by atoms with van der Waals surface area (Å²) in [5, 5.41) is 4.07. The number of hydrogen-bond donors (Lipinski definition) is 1. The van der Waals surface area contributed by atoms with Gasteiger partial charge in [-0.05, 0) is 32.4 Å². The molecule has 0 spiro atoms. The number of pyridine rings is 1. The molecule has 0 bridgehead atoms. The fourth-order valence-corrected chi connectivity index (χ4v) is 2.26. The van der Waals surface area contributed by atoms with Gasteiger partial charge in [-0.25, -0.2) is 4.98 Å². The maximum Gasteiger partial charge on any atom is 0.129 e. The van der Waals surface area contributed by atoms with Gasteiger partial charge in [0, 0.05) is 6.04 Å². The second-order valence-electron chi connectivity index (χ2n) is 5.02. The zero-order valence-corrected chi connectivity index (χ0v) is 12.6. The van der Waals surface area contributed by atoms with Gasteiger partial charge in [0.1, 0.15) is 5.15 Å². The smallest absolute Gasteiger partial charge is 0.129 e. The predicted octanol–water partition coefficient (Wildman–Crippen LogP) is 5.20. The van der Waals surface area contributed by atoms with Gasteiger partial charge in [-0.1, -0.05) is 50.6 Å². The first-order valence-electron chi connectivity index (χ1n) is 7.03. The summed E-state index contributed by atoms with van der Waals surface area (Å²) in [6.07, 6.45) is 7.90. The Hall–Kier alpha value is -0.760. The number of halogens is 1. The molecule has 3 heteroatoms. The number of nitrogens with one attached hydrogen (secondary N) is 1. The van der Waals surface area contributed by atoms with Crippen molar-refractivity contribution in [3.63, 3.8) is 0 Å². The van der Waals surface area contributed by atoms with Gasteiger partial charge in [0.15, 0.2) is 0 Å². The van der Waals surface area contributed by atoms with Crippen LogP contribution in [0.2, 0.25) is 5.15 Å². The quantitative estimate of drug-likeness (QED) is 0.517. The fourth-order valence-electron chi connectivity index (χ4n) is 2.07. The van der Waals surface area contributed by atoms with Crippen LogP contribution in [0.3, 0.4) is 0 Å². The number of unbranched alkanes of at least 4 members (excludes halogenated alkanes) is 4. The van der Waals surface area contributed by atoms with Gasteiger partial charge < -0.3 is 5.32 Å². The number of rotatable bonds is 8. The van der Waals surface area contributed by atoms with Crippen molar-refractivity contribution < 1.29 is 0 Å². The van der Waals surface area contributed by atoms with Crippen LogP contribution in [0.5, 0.6) is 0 Å². The molecule has 1 heterocycles. The second kappa shape index (κ2) is 8.36. The highest BCUT2D eigenvalue weighted by atomic mass is 35.5. The number of anilines is 1. The van der Waals surface area contributed by atoms with Crippen LogP contribution in [0.4, 0.5) is 5.69 Å². The Kier molecular flexibility index (Phi) is 7.11. The molecule has 0 saturated heterocycles. The molecule has 0 radical (unpaired) electrons. The Morgan fingerprint density at radius 3 is 2.61 bits per heavy atom. The van der Waals surface area contributed by atoms with Gasteiger partial charge in [0.25, 0.3) is 0 Å². The molecule has 0 aliphatic heterocycles. The first-order valence-corrected chi connectivity index (χ1v) is 7.41. The van der Waals surface area contributed by atoms with Crippen LogP contribution in [0.25, 0.3) is 0 Å². The Morgan fingerprint density at radius 2 is 1.94 bits per heavy atom. The highest BCUT2D eigenvalue weighted by molar-refractivity contribution is 6.29. The normalized spacial score (nSPS) is 12.4. The van der Waals surface area contributed by atoms with E-state index in [-0.39, 0.29) is 0 Å². The molecule has 1 N–H and O–H groups in total. The molecule has 1 rings (SSSR count). The van der Waals surface area contributed by atoms with Crippen LogP contribution in [0.1, 0.15) is 58.1 Å². The van der Waals surface area contributed by atoms with Crippen LogP contribution in [-0.4, -0.2) is 11.0 Å². The minimum Gasteiger partial charge on any atom is -0.381 e. The number of nitrogens with zero attached hydrogens (tertiary/aromatic N) is 1. The van der Waals surface area contributed by atoms with Crippen LogP contribution >= 0.6 is 11.6 Å². The van der Waals surface area contributed by atoms with Gasteiger partial charge >= 0.3 is 0 Å². The summed E-state index contributed by atoms with van der Waals surface area (Å²) in [4.78, 5) is 4.25. The van der Waals surface area contributed by atoms with Crippen molar-refractivity contribution in [1.82, 2.24) is 4.98 Å². The molecule has 1 unspecified atom stereocenters. The molecular weight excluding hydrogens is 244 g/mol. The van der Waals surface area contributed by atoms with E-state index in [1.54, 1.807) is 0 Å². The van der Waals surface area contributed by atoms with Crippen molar-refractivity contribution in [3.05, 3.63) is 23.0 Å². The monoisotopic (exact) mass is 268 g/mol. The molecule has 1 aromatic rings. The zero-order chi connectivity index (χ0) is 13.4. The molecule has 18 heavy (non-hydrogen) atoms. The molecule has 1 atom stereocenters. The largest absolute Gasteiger partial charge is 0.381 e. The zero-order valence-electron chi connectivity index (χ0n) is 11.8. The van der Waals surface area contributed by atoms with Crippen molar-refractivity contribution in [3.8, 4) is 0 Å². The predicted molar refractivity (Wildman–Crippen MR) is 80.4 cm³/mol. The molecule has 0 fully saturated rings. The van der Waals surface area contributed by atoms with E-state index in [1.807, 2.05) is 19.1 Å². The fraction of sp³-hybridized carbons (Fsp3) is 0.667. The minimum atomic E-state index is 0.494. The third-order valence-corrected chi connectivity index (χ3v) is 3.40. The summed E-state index contributed by atoms with van der Waals surface area (Å²) in [5.74, 6) is 0. The molecule has 0 aliphatic carbocycles. The average molecular weight is 269 g/mol. The maximum atomic E-state index is 5.85. The minimum absolute atomic E-state index is 0.494. The summed E-state index contributed by atoms with van der Waals surface area (Å²) in [6.45, 7) is 6.47. The molecule has 0 amide bonds. The van der Waals surface area contributed by atoms with E-state index in [1.165, 1.54) is 38.5 Å². The lowest BCUT2D eigenvalue weighted by Crippen LogP contribution is -2.16. The van der Waals surface area contributed by atoms with Crippen LogP contribution in [0, 0.1) is 6.92 Å². The molecule has 0 saturated carbocycles. The first kappa shape index (κ1) is 15.3. The number of hydrogen-bond acceptors (Lipinski definition) is 2. The van der Waals surface area contributed by atoms with Crippen LogP contribution < -0.4 is 5.32 Å². The van der Waals surface area contributed by atoms with Gasteiger partial charge in [-0.3, -0.25) is 0 Å². The third kappa shape index (κ3) is 5.72. The van der Waals surface area contributed by atoms with Gasteiger partial charge in [-0.15, -0.1) is 0 Å². The van der Waals surface area contributed by atoms with E-state index in [2.05, 4.69) is 24.1 Å². The van der Waals surface area contributed by atoms with Crippen molar-refractivity contribution in [2.24, 2.45) is 0 Å². The van der Waals surface area contributed by atoms with Crippen molar-refractivity contribution in [1.29, 1.82) is 0 Å². The lowest BCUT2D eigenvalue weighted by molar-refractivity contribution is 0.578. The second-order valence-corrected chi connectivity index (χ2v) is 5.40. The highest BCUT2D eigenvalue weighted by Crippen LogP contribution is 2.18. The molecule has 0 aromatic carbocycles. The molecule has 1 aromatic heterocycles. The van der Waals surface area contributed by atoms with E-state index in [9.17, 15) is 0 Å². The Morgan fingerprint density at radius 1 is 1.22 bits per heavy atom. The summed E-state index contributed by atoms with van der Waals surface area (Å²) >= 11 is 5.85. The van der Waals surface area contributed by atoms with E-state index in [0.29, 0.717) is 11.2 Å². The summed E-state index contributed by atoms with van der Waals surface area (Å²) in [6, 6.07) is 4.34. The van der Waals surface area contributed by atoms with Gasteiger partial charge in [0.2, 0.25) is 0 Å². The van der Waals surface area contributed by atoms with Crippen molar-refractivity contribution >= 4 is 17.3 Å². The van der Waals surface area contributed by atoms with Gasteiger partial charge in [-0.2, -0.15) is 0 Å². The van der Waals surface area contributed by atoms with Crippen LogP contribution in [0.15, 0.2) is 12.1 Å². The molecular formula is C15H25ClN2. The summed E-state index contributed by atoms with van der Waals surface area (Å²) < 4.78 is 0. The Labute approximate surface area is 116 Å². The van der Waals surface area contributed by atoms with Gasteiger partial charge in [0.05, 0.1) is 11.4 Å². The number of aryl methyl sites for hydroxylation is 1. The van der Waals surface area contributed by atoms with Crippen molar-refractivity contribution in [2.45, 2.75) is 65.3 Å². The lowest BCUT2D eigenvalue weighted by Gasteiger charge is -2.16. The standard InChI is InChI=1S/C15H25ClN2/c1-4-5-6-7-8-9-12(2)17-14-10-11-15(16)18-13(14)3/h10-12,17H,4-9H2,1-3H3. The molecule has 102 valence electrons. The third-order valence-electron chi connectivity index (χ3n) is 3.19. The molecule has 2 nitrogen and oxygen atoms in total. The Balaban J connectivity index is 2.28. The number of aromatic nitrogens is 1. The van der Waals surface area contributed by atoms with E-state index >= 15 is 0 Å². The summed E-state index contributed by atoms with van der Waals surface area (Å²) in [5.41, 5.74) is 2.07. The van der Waals surface area contributed by atoms with Crippen molar-refractivity contribution in [2.75, 3.05) is 5.32 Å². The maximum absolute atomic E-state index is 5.85. The SMILES string of the molecule is CCCCCCCC(C)Nc1ccc(Cl)nc1C. The highest BCUT2D eigenvalue weighted by Gasteiger charge is 2.05.